The number of carbonyl (C=O) groups excluding carboxylic acids is 1. The van der Waals surface area contributed by atoms with Crippen molar-refractivity contribution in [1.29, 1.82) is 0 Å². The standard InChI is InChI=1S/C24H29N3O2/c1-3-26(17-20-10-5-4-6-11-20)15-9-14-25-23(28)18-27-19(2)16-21-12-7-8-13-22(21)24(27)29/h4-8,10-13,16H,3,9,14-15,17-18H2,1-2H3,(H,25,28). The monoisotopic (exact) mass is 391 g/mol. The maximum atomic E-state index is 12.7. The Labute approximate surface area is 172 Å². The number of benzene rings is 2. The molecule has 0 atom stereocenters. The van der Waals surface area contributed by atoms with E-state index in [0.717, 1.165) is 37.1 Å². The van der Waals surface area contributed by atoms with E-state index in [1.54, 1.807) is 10.6 Å². The Hall–Kier alpha value is -2.92. The lowest BCUT2D eigenvalue weighted by Gasteiger charge is -2.20. The molecule has 1 heterocycles. The third kappa shape index (κ3) is 5.55. The van der Waals surface area contributed by atoms with Crippen LogP contribution in [-0.4, -0.2) is 35.0 Å². The Kier molecular flexibility index (Phi) is 7.19. The van der Waals surface area contributed by atoms with E-state index in [2.05, 4.69) is 41.4 Å². The molecule has 152 valence electrons. The molecule has 0 aliphatic rings. The molecule has 0 spiro atoms. The minimum Gasteiger partial charge on any atom is -0.355 e. The van der Waals surface area contributed by atoms with E-state index in [1.807, 2.05) is 37.3 Å². The predicted molar refractivity (Wildman–Crippen MR) is 118 cm³/mol. The number of aryl methyl sites for hydroxylation is 1. The normalized spacial score (nSPS) is 11.1. The molecule has 0 radical (unpaired) electrons. The zero-order chi connectivity index (χ0) is 20.6. The third-order valence-corrected chi connectivity index (χ3v) is 5.20. The largest absolute Gasteiger partial charge is 0.355 e. The first-order valence-electron chi connectivity index (χ1n) is 10.2. The van der Waals surface area contributed by atoms with Crippen molar-refractivity contribution in [2.45, 2.75) is 33.4 Å². The summed E-state index contributed by atoms with van der Waals surface area (Å²) in [5, 5.41) is 4.50. The second-order valence-electron chi connectivity index (χ2n) is 7.32. The van der Waals surface area contributed by atoms with Crippen molar-refractivity contribution in [3.63, 3.8) is 0 Å². The molecule has 0 unspecified atom stereocenters. The van der Waals surface area contributed by atoms with Gasteiger partial charge in [-0.1, -0.05) is 55.5 Å². The molecule has 0 saturated heterocycles. The molecule has 1 aromatic heterocycles. The van der Waals surface area contributed by atoms with Gasteiger partial charge in [-0.25, -0.2) is 0 Å². The third-order valence-electron chi connectivity index (χ3n) is 5.20. The molecule has 3 rings (SSSR count). The van der Waals surface area contributed by atoms with Gasteiger partial charge < -0.3 is 9.88 Å². The van der Waals surface area contributed by atoms with Crippen molar-refractivity contribution < 1.29 is 4.79 Å². The fraction of sp³-hybridized carbons (Fsp3) is 0.333. The molecule has 0 fully saturated rings. The van der Waals surface area contributed by atoms with E-state index >= 15 is 0 Å². The number of carbonyl (C=O) groups is 1. The second kappa shape index (κ2) is 10.0. The summed E-state index contributed by atoms with van der Waals surface area (Å²) in [6.45, 7) is 7.47. The van der Waals surface area contributed by atoms with Gasteiger partial charge in [-0.05, 0) is 43.0 Å². The highest BCUT2D eigenvalue weighted by atomic mass is 16.2. The molecule has 1 N–H and O–H groups in total. The van der Waals surface area contributed by atoms with Crippen molar-refractivity contribution in [3.8, 4) is 0 Å². The van der Waals surface area contributed by atoms with Gasteiger partial charge in [0.15, 0.2) is 0 Å². The minimum atomic E-state index is -0.128. The highest BCUT2D eigenvalue weighted by Gasteiger charge is 2.10. The van der Waals surface area contributed by atoms with E-state index in [4.69, 9.17) is 0 Å². The predicted octanol–water partition coefficient (Wildman–Crippen LogP) is 3.34. The zero-order valence-electron chi connectivity index (χ0n) is 17.2. The van der Waals surface area contributed by atoms with Gasteiger partial charge in [-0.3, -0.25) is 14.5 Å². The van der Waals surface area contributed by atoms with Crippen LogP contribution >= 0.6 is 0 Å². The zero-order valence-corrected chi connectivity index (χ0v) is 17.2. The van der Waals surface area contributed by atoms with Crippen LogP contribution in [0, 0.1) is 6.92 Å². The van der Waals surface area contributed by atoms with Gasteiger partial charge in [0.25, 0.3) is 5.56 Å². The number of nitrogens with one attached hydrogen (secondary N) is 1. The molecule has 0 saturated carbocycles. The first kappa shape index (κ1) is 20.8. The molecule has 1 amide bonds. The molecule has 5 heteroatoms. The van der Waals surface area contributed by atoms with Crippen LogP contribution in [0.25, 0.3) is 10.8 Å². The highest BCUT2D eigenvalue weighted by Crippen LogP contribution is 2.11. The number of pyridine rings is 1. The topological polar surface area (TPSA) is 54.3 Å². The molecule has 29 heavy (non-hydrogen) atoms. The van der Waals surface area contributed by atoms with Crippen LogP contribution in [-0.2, 0) is 17.9 Å². The van der Waals surface area contributed by atoms with E-state index in [0.29, 0.717) is 11.9 Å². The molecule has 0 aliphatic carbocycles. The number of nitrogens with zero attached hydrogens (tertiary/aromatic N) is 2. The molecule has 2 aromatic carbocycles. The summed E-state index contributed by atoms with van der Waals surface area (Å²) < 4.78 is 1.55. The number of aromatic nitrogens is 1. The van der Waals surface area contributed by atoms with Crippen LogP contribution in [0.5, 0.6) is 0 Å². The van der Waals surface area contributed by atoms with Crippen molar-refractivity contribution in [1.82, 2.24) is 14.8 Å². The lowest BCUT2D eigenvalue weighted by molar-refractivity contribution is -0.121. The lowest BCUT2D eigenvalue weighted by Crippen LogP contribution is -2.35. The van der Waals surface area contributed by atoms with Gasteiger partial charge in [0.2, 0.25) is 5.91 Å². The maximum absolute atomic E-state index is 12.7. The number of fused-ring (bicyclic) bond motifs is 1. The van der Waals surface area contributed by atoms with Crippen LogP contribution in [0.3, 0.4) is 0 Å². The van der Waals surface area contributed by atoms with Crippen molar-refractivity contribution in [2.75, 3.05) is 19.6 Å². The Bertz CT molecular complexity index is 1010. The quantitative estimate of drug-likeness (QED) is 0.569. The summed E-state index contributed by atoms with van der Waals surface area (Å²) in [5.41, 5.74) is 1.98. The fourth-order valence-electron chi connectivity index (χ4n) is 3.54. The van der Waals surface area contributed by atoms with Crippen LogP contribution in [0.1, 0.15) is 24.6 Å². The number of hydrogen-bond acceptors (Lipinski definition) is 3. The number of amides is 1. The highest BCUT2D eigenvalue weighted by molar-refractivity contribution is 5.82. The van der Waals surface area contributed by atoms with Gasteiger partial charge in [-0.2, -0.15) is 0 Å². The Morgan fingerprint density at radius 1 is 1.07 bits per heavy atom. The fourth-order valence-corrected chi connectivity index (χ4v) is 3.54. The Balaban J connectivity index is 1.50. The summed E-state index contributed by atoms with van der Waals surface area (Å²) in [6.07, 6.45) is 0.873. The average molecular weight is 392 g/mol. The molecular weight excluding hydrogens is 362 g/mol. The maximum Gasteiger partial charge on any atom is 0.259 e. The van der Waals surface area contributed by atoms with E-state index in [1.165, 1.54) is 5.56 Å². The Morgan fingerprint density at radius 3 is 2.55 bits per heavy atom. The summed E-state index contributed by atoms with van der Waals surface area (Å²) >= 11 is 0. The van der Waals surface area contributed by atoms with Crippen LogP contribution in [0.2, 0.25) is 0 Å². The van der Waals surface area contributed by atoms with Crippen molar-refractivity contribution >= 4 is 16.7 Å². The van der Waals surface area contributed by atoms with Crippen LogP contribution in [0.15, 0.2) is 65.5 Å². The van der Waals surface area contributed by atoms with Gasteiger partial charge in [0.05, 0.1) is 0 Å². The van der Waals surface area contributed by atoms with E-state index in [9.17, 15) is 9.59 Å². The molecule has 0 aliphatic heterocycles. The molecule has 3 aromatic rings. The first-order valence-corrected chi connectivity index (χ1v) is 10.2. The van der Waals surface area contributed by atoms with Crippen molar-refractivity contribution in [2.24, 2.45) is 0 Å². The molecule has 5 nitrogen and oxygen atoms in total. The Morgan fingerprint density at radius 2 is 1.79 bits per heavy atom. The average Bonchev–Trinajstić information content (AvgIpc) is 2.74. The van der Waals surface area contributed by atoms with Crippen LogP contribution in [0.4, 0.5) is 0 Å². The van der Waals surface area contributed by atoms with Gasteiger partial charge >= 0.3 is 0 Å². The van der Waals surface area contributed by atoms with Gasteiger partial charge in [0, 0.05) is 30.7 Å². The van der Waals surface area contributed by atoms with Crippen molar-refractivity contribution in [3.05, 3.63) is 82.3 Å². The smallest absolute Gasteiger partial charge is 0.259 e. The number of hydrogen-bond donors (Lipinski definition) is 1. The van der Waals surface area contributed by atoms with E-state index in [-0.39, 0.29) is 18.0 Å². The summed E-state index contributed by atoms with van der Waals surface area (Å²) in [5.74, 6) is -0.128. The molecular formula is C24H29N3O2. The first-order chi connectivity index (χ1) is 14.1. The lowest BCUT2D eigenvalue weighted by atomic mass is 10.1. The summed E-state index contributed by atoms with van der Waals surface area (Å²) in [7, 11) is 0. The molecule has 0 bridgehead atoms. The van der Waals surface area contributed by atoms with Gasteiger partial charge in [0.1, 0.15) is 6.54 Å². The van der Waals surface area contributed by atoms with Crippen LogP contribution < -0.4 is 10.9 Å². The summed E-state index contributed by atoms with van der Waals surface area (Å²) in [4.78, 5) is 27.4. The summed E-state index contributed by atoms with van der Waals surface area (Å²) in [6, 6.07) is 19.8. The van der Waals surface area contributed by atoms with E-state index < -0.39 is 0 Å². The SMILES string of the molecule is CCN(CCCNC(=O)Cn1c(C)cc2ccccc2c1=O)Cc1ccccc1. The van der Waals surface area contributed by atoms with Gasteiger partial charge in [-0.15, -0.1) is 0 Å². The number of rotatable bonds is 9. The minimum absolute atomic E-state index is 0.0526. The second-order valence-corrected chi connectivity index (χ2v) is 7.32.